The lowest BCUT2D eigenvalue weighted by Crippen LogP contribution is -2.37. The summed E-state index contributed by atoms with van der Waals surface area (Å²) in [6.07, 6.45) is 1.91. The Labute approximate surface area is 169 Å². The second kappa shape index (κ2) is 8.77. The zero-order valence-electron chi connectivity index (χ0n) is 15.6. The van der Waals surface area contributed by atoms with Crippen LogP contribution >= 0.6 is 11.6 Å². The number of carboxylic acid groups (broad SMARTS) is 1. The highest BCUT2D eigenvalue weighted by Gasteiger charge is 2.29. The fourth-order valence-electron chi connectivity index (χ4n) is 2.38. The maximum atomic E-state index is 12.5. The number of carboxylic acids is 1. The molecule has 0 fully saturated rings. The van der Waals surface area contributed by atoms with Crippen molar-refractivity contribution in [2.45, 2.75) is 30.8 Å². The summed E-state index contributed by atoms with van der Waals surface area (Å²) in [7, 11) is -3.73. The maximum Gasteiger partial charge on any atom is 0.347 e. The van der Waals surface area contributed by atoms with Gasteiger partial charge in [-0.3, -0.25) is 0 Å². The normalized spacial score (nSPS) is 11.8. The van der Waals surface area contributed by atoms with Gasteiger partial charge in [0.25, 0.3) is 0 Å². The van der Waals surface area contributed by atoms with Gasteiger partial charge in [-0.25, -0.2) is 17.9 Å². The number of aliphatic carboxylic acids is 1. The molecule has 2 aromatic rings. The molecule has 2 aromatic carbocycles. The van der Waals surface area contributed by atoms with Gasteiger partial charge in [-0.15, -0.1) is 0 Å². The molecule has 150 valence electrons. The topological polar surface area (TPSA) is 92.7 Å². The third-order valence-electron chi connectivity index (χ3n) is 4.00. The predicted octanol–water partition coefficient (Wildman–Crippen LogP) is 3.75. The summed E-state index contributed by atoms with van der Waals surface area (Å²) in [5, 5.41) is 9.42. The summed E-state index contributed by atoms with van der Waals surface area (Å²) < 4.78 is 33.1. The Morgan fingerprint density at radius 3 is 2.46 bits per heavy atom. The highest BCUT2D eigenvalue weighted by molar-refractivity contribution is 7.89. The van der Waals surface area contributed by atoms with Crippen LogP contribution < -0.4 is 9.46 Å². The molecule has 6 nitrogen and oxygen atoms in total. The number of rotatable bonds is 9. The molecule has 8 heteroatoms. The quantitative estimate of drug-likeness (QED) is 0.640. The van der Waals surface area contributed by atoms with Gasteiger partial charge in [-0.1, -0.05) is 42.5 Å². The Morgan fingerprint density at radius 2 is 1.89 bits per heavy atom. The van der Waals surface area contributed by atoms with Crippen LogP contribution in [-0.4, -0.2) is 31.6 Å². The van der Waals surface area contributed by atoms with Gasteiger partial charge in [0.15, 0.2) is 5.60 Å². The van der Waals surface area contributed by atoms with Crippen molar-refractivity contribution in [1.82, 2.24) is 4.72 Å². The van der Waals surface area contributed by atoms with E-state index in [4.69, 9.17) is 21.4 Å². The van der Waals surface area contributed by atoms with Crippen LogP contribution in [0.5, 0.6) is 5.75 Å². The minimum absolute atomic E-state index is 0.0784. The summed E-state index contributed by atoms with van der Waals surface area (Å²) in [4.78, 5) is 11.2. The third kappa shape index (κ3) is 5.58. The van der Waals surface area contributed by atoms with Crippen molar-refractivity contribution in [3.63, 3.8) is 0 Å². The molecule has 0 atom stereocenters. The number of nitrogens with one attached hydrogen (secondary N) is 1. The van der Waals surface area contributed by atoms with Crippen LogP contribution in [0.3, 0.4) is 0 Å². The minimum atomic E-state index is -3.73. The van der Waals surface area contributed by atoms with E-state index in [0.29, 0.717) is 22.8 Å². The molecular formula is C20H22ClNO5S. The fourth-order valence-corrected chi connectivity index (χ4v) is 3.89. The van der Waals surface area contributed by atoms with E-state index in [2.05, 4.69) is 11.3 Å². The molecule has 0 saturated heterocycles. The predicted molar refractivity (Wildman–Crippen MR) is 109 cm³/mol. The van der Waals surface area contributed by atoms with Crippen molar-refractivity contribution in [1.29, 1.82) is 0 Å². The standard InChI is InChI=1S/C20H22ClNO5S/c1-4-15-7-8-16(21)13-18(15)28(25,26)22-12-11-14-5-9-17(10-6-14)27-20(2,3)19(23)24/h4-10,13,22H,1,11-12H2,2-3H3,(H,23,24). The van der Waals surface area contributed by atoms with Crippen LogP contribution in [-0.2, 0) is 21.2 Å². The zero-order valence-corrected chi connectivity index (χ0v) is 17.2. The van der Waals surface area contributed by atoms with Crippen molar-refractivity contribution in [3.05, 3.63) is 65.2 Å². The molecule has 2 rings (SSSR count). The van der Waals surface area contributed by atoms with Crippen LogP contribution in [0.15, 0.2) is 53.9 Å². The minimum Gasteiger partial charge on any atom is -0.478 e. The van der Waals surface area contributed by atoms with E-state index in [1.54, 1.807) is 36.4 Å². The molecule has 0 unspecified atom stereocenters. The van der Waals surface area contributed by atoms with Crippen LogP contribution in [0.4, 0.5) is 0 Å². The van der Waals surface area contributed by atoms with E-state index < -0.39 is 21.6 Å². The average molecular weight is 424 g/mol. The number of carbonyl (C=O) groups is 1. The van der Waals surface area contributed by atoms with Crippen molar-refractivity contribution in [3.8, 4) is 5.75 Å². The van der Waals surface area contributed by atoms with E-state index in [1.165, 1.54) is 26.0 Å². The van der Waals surface area contributed by atoms with Gasteiger partial charge in [-0.2, -0.15) is 0 Å². The fraction of sp³-hybridized carbons (Fsp3) is 0.250. The largest absolute Gasteiger partial charge is 0.478 e. The molecule has 0 aromatic heterocycles. The van der Waals surface area contributed by atoms with E-state index in [0.717, 1.165) is 5.56 Å². The molecular weight excluding hydrogens is 402 g/mol. The van der Waals surface area contributed by atoms with E-state index in [1.807, 2.05) is 0 Å². The first-order valence-corrected chi connectivity index (χ1v) is 10.3. The second-order valence-corrected chi connectivity index (χ2v) is 8.77. The zero-order chi connectivity index (χ0) is 20.9. The molecule has 0 heterocycles. The molecule has 0 radical (unpaired) electrons. The van der Waals surface area contributed by atoms with Crippen LogP contribution in [0.1, 0.15) is 25.0 Å². The summed E-state index contributed by atoms with van der Waals surface area (Å²) in [6.45, 7) is 6.74. The third-order valence-corrected chi connectivity index (χ3v) is 5.75. The first-order valence-electron chi connectivity index (χ1n) is 8.48. The van der Waals surface area contributed by atoms with Gasteiger partial charge >= 0.3 is 5.97 Å². The number of benzene rings is 2. The van der Waals surface area contributed by atoms with E-state index in [-0.39, 0.29) is 11.4 Å². The number of hydrogen-bond donors (Lipinski definition) is 2. The second-order valence-electron chi connectivity index (χ2n) is 6.60. The molecule has 0 bridgehead atoms. The summed E-state index contributed by atoms with van der Waals surface area (Å²) in [5.74, 6) is -0.642. The lowest BCUT2D eigenvalue weighted by Gasteiger charge is -2.21. The summed E-state index contributed by atoms with van der Waals surface area (Å²) in [6, 6.07) is 11.4. The molecule has 0 spiro atoms. The van der Waals surface area contributed by atoms with Crippen molar-refractivity contribution >= 4 is 33.7 Å². The molecule has 0 saturated carbocycles. The Kier molecular flexibility index (Phi) is 6.87. The Bertz CT molecular complexity index is 969. The monoisotopic (exact) mass is 423 g/mol. The van der Waals surface area contributed by atoms with Crippen molar-refractivity contribution in [2.24, 2.45) is 0 Å². The van der Waals surface area contributed by atoms with Crippen LogP contribution in [0, 0.1) is 0 Å². The van der Waals surface area contributed by atoms with E-state index >= 15 is 0 Å². The molecule has 0 amide bonds. The highest BCUT2D eigenvalue weighted by Crippen LogP contribution is 2.22. The number of ether oxygens (including phenoxy) is 1. The van der Waals surface area contributed by atoms with Crippen LogP contribution in [0.25, 0.3) is 6.08 Å². The first kappa shape index (κ1) is 21.9. The lowest BCUT2D eigenvalue weighted by molar-refractivity contribution is -0.152. The highest BCUT2D eigenvalue weighted by atomic mass is 35.5. The number of halogens is 1. The van der Waals surface area contributed by atoms with Gasteiger partial charge in [0.1, 0.15) is 5.75 Å². The Morgan fingerprint density at radius 1 is 1.25 bits per heavy atom. The summed E-state index contributed by atoms with van der Waals surface area (Å²) >= 11 is 5.91. The Balaban J connectivity index is 2.00. The van der Waals surface area contributed by atoms with Gasteiger partial charge in [0.2, 0.25) is 10.0 Å². The van der Waals surface area contributed by atoms with Crippen molar-refractivity contribution < 1.29 is 23.1 Å². The van der Waals surface area contributed by atoms with Gasteiger partial charge in [-0.05, 0) is 55.7 Å². The SMILES string of the molecule is C=Cc1ccc(Cl)cc1S(=O)(=O)NCCc1ccc(OC(C)(C)C(=O)O)cc1. The number of sulfonamides is 1. The summed E-state index contributed by atoms with van der Waals surface area (Å²) in [5.41, 5.74) is 0.00872. The first-order chi connectivity index (χ1) is 13.0. The maximum absolute atomic E-state index is 12.5. The molecule has 0 aliphatic rings. The average Bonchev–Trinajstić information content (AvgIpc) is 2.62. The van der Waals surface area contributed by atoms with E-state index in [9.17, 15) is 13.2 Å². The molecule has 2 N–H and O–H groups in total. The van der Waals surface area contributed by atoms with Crippen molar-refractivity contribution in [2.75, 3.05) is 6.54 Å². The molecule has 28 heavy (non-hydrogen) atoms. The van der Waals surface area contributed by atoms with Gasteiger partial charge < -0.3 is 9.84 Å². The van der Waals surface area contributed by atoms with Gasteiger partial charge in [0, 0.05) is 11.6 Å². The smallest absolute Gasteiger partial charge is 0.347 e. The molecule has 0 aliphatic heterocycles. The van der Waals surface area contributed by atoms with Crippen LogP contribution in [0.2, 0.25) is 5.02 Å². The van der Waals surface area contributed by atoms with Gasteiger partial charge in [0.05, 0.1) is 4.90 Å². The Hall–Kier alpha value is -2.35. The molecule has 0 aliphatic carbocycles. The lowest BCUT2D eigenvalue weighted by atomic mass is 10.1. The number of hydrogen-bond acceptors (Lipinski definition) is 4.